The number of imidazole rings is 3. The summed E-state index contributed by atoms with van der Waals surface area (Å²) in [5, 5.41) is 0. The molecule has 115 heavy (non-hydrogen) atoms. The Hall–Kier alpha value is -2.13. The van der Waals surface area contributed by atoms with Gasteiger partial charge in [-0.15, -0.1) is 0 Å². The predicted octanol–water partition coefficient (Wildman–Crippen LogP) is 19.6. The third kappa shape index (κ3) is 153. The van der Waals surface area contributed by atoms with E-state index in [-0.39, 0.29) is 7.26 Å². The molecule has 5 aromatic rings. The van der Waals surface area contributed by atoms with E-state index in [1.807, 2.05) is 120 Å². The van der Waals surface area contributed by atoms with Gasteiger partial charge >= 0.3 is 0 Å². The highest BCUT2D eigenvalue weighted by molar-refractivity contribution is 7.74. The molecule has 686 valence electrons. The summed E-state index contributed by atoms with van der Waals surface area (Å²) in [7, 11) is 56.5. The second-order valence-electron chi connectivity index (χ2n) is 44.1. The molecule has 14 nitrogen and oxygen atoms in total. The number of pyridine rings is 1. The Labute approximate surface area is 731 Å². The van der Waals surface area contributed by atoms with E-state index in [0.29, 0.717) is 0 Å². The van der Waals surface area contributed by atoms with Gasteiger partial charge in [-0.3, -0.25) is 0 Å². The highest BCUT2D eigenvalue weighted by Crippen LogP contribution is 2.48. The first-order valence-corrected chi connectivity index (χ1v) is 60.9. The summed E-state index contributed by atoms with van der Waals surface area (Å²) in [4.78, 5) is 0. The van der Waals surface area contributed by atoms with Gasteiger partial charge in [0.05, 0.1) is 253 Å². The van der Waals surface area contributed by atoms with E-state index < -0.39 is 29.0 Å². The standard InChI is InChI=1S/C10H16N.C9H20N.2C6H11N2.C6H8N.3C6H16N.3C6H16P.C5H9N2.C5H14N.C5H14P.C4H12N.C4H12P/c1-11(2,3)9-10-7-5-4-6-8-10;1-10(2,3)9-7-5-4-6-8-9;2*1-3-8-5-4-7(2)6-8;1-7-5-3-2-4-6-7;6*1-5-6-7(2,3)4;1-6-3-4-7(2)5-6;2*1-5-6(2,3)4;2*1-5(2,3)4/h4-8H,9H2,1-3H3;9H,4-8H2,1-3H3;2*4-6H,3H2,1-2H3;2-6H,1H3;6*5-6H2,1-4H3;3-5H,1-2H3;2*5H2,1-4H3;2*1-4H3/q16*+1. The lowest BCUT2D eigenvalue weighted by molar-refractivity contribution is -0.897. The summed E-state index contributed by atoms with van der Waals surface area (Å²) >= 11 is 0. The molecule has 0 N–H and O–H groups in total. The highest BCUT2D eigenvalue weighted by atomic mass is 31.2. The SMILES string of the molecule is CCC[N+](C)(C)C.CCC[N+](C)(C)C.CCC[N+](C)(C)C.CCC[P+](C)(C)C.CCC[P+](C)(C)C.CCC[P+](C)(C)C.CC[N+](C)(C)C.CC[P+](C)(C)C.CCn1cc[n+](C)c1.CCn1cc[n+](C)c1.C[N+](C)(C)C.C[N+](C)(C)C1CCCCC1.C[N+](C)(C)Cc1ccccc1.C[P+](C)(C)C.C[n+]1ccccc1.Cn1cc[n+](C)c1. The lowest BCUT2D eigenvalue weighted by Gasteiger charge is -2.36. The molecule has 0 amide bonds. The van der Waals surface area contributed by atoms with Crippen molar-refractivity contribution in [2.24, 2.45) is 35.2 Å². The quantitative estimate of drug-likeness (QED) is 0.0448. The molecule has 1 aromatic carbocycles. The topological polar surface area (TPSA) is 30.3 Å². The molecule has 19 heteroatoms. The summed E-state index contributed by atoms with van der Waals surface area (Å²) in [6, 6.07) is 17.5. The van der Waals surface area contributed by atoms with Gasteiger partial charge in [0.25, 0.3) is 0 Å². The molecule has 0 bridgehead atoms. The second-order valence-corrected chi connectivity index (χ2v) is 69.8. The molecular weight excluding hydrogens is 1500 g/mol. The van der Waals surface area contributed by atoms with Crippen LogP contribution in [-0.2, 0) is 54.9 Å². The minimum Gasteiger partial charge on any atom is -0.333 e. The fourth-order valence-electron chi connectivity index (χ4n) is 9.45. The van der Waals surface area contributed by atoms with E-state index in [9.17, 15) is 0 Å². The predicted molar refractivity (Wildman–Crippen MR) is 547 cm³/mol. The molecule has 0 spiro atoms. The number of quaternary nitrogens is 7. The Morgan fingerprint density at radius 3 is 0.722 bits per heavy atom. The maximum Gasteiger partial charge on any atom is 0.243 e. The molecule has 4 heterocycles. The molecule has 0 saturated heterocycles. The average molecular weight is 1730 g/mol. The number of hydrogen-bond donors (Lipinski definition) is 0. The van der Waals surface area contributed by atoms with E-state index >= 15 is 0 Å². The number of aromatic nitrogens is 7. The van der Waals surface area contributed by atoms with Crippen molar-refractivity contribution in [3.05, 3.63) is 123 Å². The van der Waals surface area contributed by atoms with Gasteiger partial charge in [0.2, 0.25) is 19.0 Å². The van der Waals surface area contributed by atoms with Gasteiger partial charge in [-0.2, -0.15) is 0 Å². The van der Waals surface area contributed by atoms with Crippen molar-refractivity contribution in [1.29, 1.82) is 0 Å². The Balaban J connectivity index is -0.000000128. The van der Waals surface area contributed by atoms with Gasteiger partial charge in [0, 0.05) is 161 Å². The monoisotopic (exact) mass is 1730 g/mol. The average Bonchev–Trinajstić information content (AvgIpc) is 1.38. The van der Waals surface area contributed by atoms with E-state index in [1.54, 1.807) is 0 Å². The van der Waals surface area contributed by atoms with Crippen LogP contribution in [0.25, 0.3) is 0 Å². The Morgan fingerprint density at radius 1 is 0.339 bits per heavy atom. The van der Waals surface area contributed by atoms with Crippen LogP contribution in [0.2, 0.25) is 0 Å². The zero-order valence-corrected chi connectivity index (χ0v) is 93.6. The van der Waals surface area contributed by atoms with E-state index in [0.717, 1.165) is 52.6 Å². The van der Waals surface area contributed by atoms with Gasteiger partial charge in [0.1, 0.15) is 50.8 Å². The number of rotatable bonds is 19. The number of hydrogen-bond acceptors (Lipinski definition) is 0. The molecular formula is C96H223N14P5+16. The molecule has 6 rings (SSSR count). The maximum absolute atomic E-state index is 2.39. The first-order chi connectivity index (χ1) is 51.5. The zero-order valence-electron chi connectivity index (χ0n) is 89.1. The van der Waals surface area contributed by atoms with Crippen molar-refractivity contribution < 1.29 is 49.6 Å². The molecule has 4 aromatic heterocycles. The van der Waals surface area contributed by atoms with Gasteiger partial charge < -0.3 is 31.4 Å². The van der Waals surface area contributed by atoms with Crippen LogP contribution < -0.4 is 18.3 Å². The molecule has 0 atom stereocenters. The van der Waals surface area contributed by atoms with Crippen LogP contribution >= 0.6 is 36.3 Å². The van der Waals surface area contributed by atoms with Crippen molar-refractivity contribution >= 4 is 36.3 Å². The number of benzene rings is 1. The van der Waals surface area contributed by atoms with Gasteiger partial charge in [-0.1, -0.05) is 84.4 Å². The van der Waals surface area contributed by atoms with E-state index in [1.165, 1.54) is 132 Å². The third-order valence-corrected chi connectivity index (χ3v) is 22.8. The van der Waals surface area contributed by atoms with Crippen molar-refractivity contribution in [3.63, 3.8) is 0 Å². The number of aryl methyl sites for hydroxylation is 7. The van der Waals surface area contributed by atoms with Crippen LogP contribution in [0, 0.1) is 0 Å². The Bertz CT molecular complexity index is 2560. The molecule has 1 saturated carbocycles. The molecule has 1 fully saturated rings. The molecule has 1 aliphatic rings. The zero-order chi connectivity index (χ0) is 93.2. The first kappa shape index (κ1) is 133. The molecule has 0 radical (unpaired) electrons. The van der Waals surface area contributed by atoms with E-state index in [2.05, 4.69) is 395 Å². The lowest BCUT2D eigenvalue weighted by Crippen LogP contribution is -2.45. The van der Waals surface area contributed by atoms with E-state index in [4.69, 9.17) is 0 Å². The van der Waals surface area contributed by atoms with Crippen molar-refractivity contribution in [1.82, 2.24) is 13.7 Å². The van der Waals surface area contributed by atoms with Crippen LogP contribution in [0.4, 0.5) is 0 Å². The minimum atomic E-state index is -0.416. The number of nitrogens with zero attached hydrogens (tertiary/aromatic N) is 14. The fourth-order valence-corrected chi connectivity index (χ4v) is 13.5. The smallest absolute Gasteiger partial charge is 0.243 e. The van der Waals surface area contributed by atoms with Gasteiger partial charge in [0.15, 0.2) is 12.4 Å². The second kappa shape index (κ2) is 72.3. The largest absolute Gasteiger partial charge is 0.333 e. The summed E-state index contributed by atoms with van der Waals surface area (Å²) in [5.41, 5.74) is 1.40. The van der Waals surface area contributed by atoms with Crippen molar-refractivity contribution in [3.8, 4) is 0 Å². The molecule has 0 aliphatic heterocycles. The molecule has 0 unspecified atom stereocenters. The maximum atomic E-state index is 2.39. The highest BCUT2D eigenvalue weighted by Gasteiger charge is 2.25. The van der Waals surface area contributed by atoms with Crippen molar-refractivity contribution in [2.75, 3.05) is 313 Å². The normalized spacial score (nSPS) is 12.3. The summed E-state index contributed by atoms with van der Waals surface area (Å²) < 4.78 is 21.8. The third-order valence-electron chi connectivity index (χ3n) is 15.6. The van der Waals surface area contributed by atoms with Gasteiger partial charge in [-0.05, 0) is 91.9 Å². The summed E-state index contributed by atoms with van der Waals surface area (Å²) in [6.07, 6.45) is 43.2. The van der Waals surface area contributed by atoms with Crippen LogP contribution in [0.1, 0.15) is 145 Å². The minimum absolute atomic E-state index is 0.389. The summed E-state index contributed by atoms with van der Waals surface area (Å²) in [6.45, 7) is 68.1. The first-order valence-electron chi connectivity index (χ1n) is 44.1. The Morgan fingerprint density at radius 2 is 0.609 bits per heavy atom. The Kier molecular flexibility index (Phi) is 84.0. The fraction of sp³-hybridized carbons (Fsp3) is 0.792. The van der Waals surface area contributed by atoms with Crippen LogP contribution in [0.15, 0.2) is 117 Å². The van der Waals surface area contributed by atoms with Crippen LogP contribution in [-0.4, -0.2) is 364 Å². The van der Waals surface area contributed by atoms with Crippen LogP contribution in [0.3, 0.4) is 0 Å². The van der Waals surface area contributed by atoms with Crippen molar-refractivity contribution in [2.45, 2.75) is 166 Å². The lowest BCUT2D eigenvalue weighted by atomic mass is 9.94. The molecule has 1 aliphatic carbocycles. The summed E-state index contributed by atoms with van der Waals surface area (Å²) in [5.74, 6) is 0. The van der Waals surface area contributed by atoms with Gasteiger partial charge in [-0.25, -0.2) is 32.0 Å². The van der Waals surface area contributed by atoms with Crippen LogP contribution in [0.5, 0.6) is 0 Å².